The Hall–Kier alpha value is -2.66. The van der Waals surface area contributed by atoms with Gasteiger partial charge in [0.25, 0.3) is 5.91 Å². The molecule has 0 spiro atoms. The van der Waals surface area contributed by atoms with Gasteiger partial charge in [0.2, 0.25) is 0 Å². The fourth-order valence-electron chi connectivity index (χ4n) is 2.54. The van der Waals surface area contributed by atoms with E-state index in [0.29, 0.717) is 29.5 Å². The van der Waals surface area contributed by atoms with Crippen molar-refractivity contribution in [2.45, 2.75) is 26.9 Å². The Morgan fingerprint density at radius 3 is 2.60 bits per heavy atom. The van der Waals surface area contributed by atoms with E-state index < -0.39 is 0 Å². The number of nitrogens with one attached hydrogen (secondary N) is 1. The summed E-state index contributed by atoms with van der Waals surface area (Å²) < 4.78 is 1.65. The summed E-state index contributed by atoms with van der Waals surface area (Å²) in [6, 6.07) is 13.7. The van der Waals surface area contributed by atoms with Crippen LogP contribution in [-0.2, 0) is 13.1 Å². The third-order valence-corrected chi connectivity index (χ3v) is 4.29. The van der Waals surface area contributed by atoms with E-state index >= 15 is 0 Å². The first-order valence-corrected chi connectivity index (χ1v) is 8.39. The molecule has 0 saturated heterocycles. The molecule has 0 aliphatic rings. The second-order valence-electron chi connectivity index (χ2n) is 5.90. The largest absolute Gasteiger partial charge is 0.346 e. The molecule has 3 aromatic rings. The molecular weight excluding hydrogens is 336 g/mol. The van der Waals surface area contributed by atoms with Gasteiger partial charge >= 0.3 is 0 Å². The highest BCUT2D eigenvalue weighted by molar-refractivity contribution is 6.33. The summed E-state index contributed by atoms with van der Waals surface area (Å²) in [5, 5.41) is 7.60. The van der Waals surface area contributed by atoms with E-state index in [4.69, 9.17) is 11.6 Å². The average molecular weight is 355 g/mol. The number of carbonyl (C=O) groups excluding carboxylic acids is 1. The van der Waals surface area contributed by atoms with Crippen LogP contribution in [0.2, 0.25) is 5.15 Å². The molecule has 0 saturated carbocycles. The number of nitrogens with zero attached hydrogens (tertiary/aromatic N) is 3. The Bertz CT molecular complexity index is 872. The standard InChI is InChI=1S/C19H19ClN4O/c1-13-6-8-15(9-7-13)12-24-18(20)17(14(2)23-24)19(25)22-11-16-5-3-4-10-21-16/h3-10H,11-12H2,1-2H3,(H,22,25). The maximum absolute atomic E-state index is 12.5. The van der Waals surface area contributed by atoms with E-state index in [1.807, 2.05) is 49.4 Å². The van der Waals surface area contributed by atoms with Gasteiger partial charge in [0.1, 0.15) is 5.15 Å². The van der Waals surface area contributed by atoms with Gasteiger partial charge in [0, 0.05) is 6.20 Å². The first kappa shape index (κ1) is 17.2. The molecule has 0 aliphatic carbocycles. The number of pyridine rings is 1. The summed E-state index contributed by atoms with van der Waals surface area (Å²) in [5.41, 5.74) is 4.08. The number of aromatic nitrogens is 3. The summed E-state index contributed by atoms with van der Waals surface area (Å²) in [6.07, 6.45) is 1.69. The van der Waals surface area contributed by atoms with Gasteiger partial charge in [0.15, 0.2) is 0 Å². The number of aryl methyl sites for hydroxylation is 2. The lowest BCUT2D eigenvalue weighted by Crippen LogP contribution is -2.24. The molecule has 2 aromatic heterocycles. The summed E-state index contributed by atoms with van der Waals surface area (Å²) in [7, 11) is 0. The van der Waals surface area contributed by atoms with E-state index in [9.17, 15) is 4.79 Å². The molecule has 3 rings (SSSR count). The van der Waals surface area contributed by atoms with Crippen LogP contribution in [0.15, 0.2) is 48.7 Å². The lowest BCUT2D eigenvalue weighted by molar-refractivity contribution is 0.0950. The predicted octanol–water partition coefficient (Wildman–Crippen LogP) is 3.53. The maximum Gasteiger partial charge on any atom is 0.256 e. The molecule has 1 N–H and O–H groups in total. The Morgan fingerprint density at radius 2 is 1.92 bits per heavy atom. The van der Waals surface area contributed by atoms with Crippen LogP contribution in [0.3, 0.4) is 0 Å². The number of carbonyl (C=O) groups is 1. The Labute approximate surface area is 151 Å². The Morgan fingerprint density at radius 1 is 1.16 bits per heavy atom. The van der Waals surface area contributed by atoms with E-state index in [2.05, 4.69) is 15.4 Å². The van der Waals surface area contributed by atoms with Crippen LogP contribution < -0.4 is 5.32 Å². The fourth-order valence-corrected chi connectivity index (χ4v) is 2.86. The molecule has 128 valence electrons. The lowest BCUT2D eigenvalue weighted by atomic mass is 10.1. The summed E-state index contributed by atoms with van der Waals surface area (Å²) in [6.45, 7) is 4.69. The molecule has 0 radical (unpaired) electrons. The van der Waals surface area contributed by atoms with Crippen molar-refractivity contribution in [1.29, 1.82) is 0 Å². The molecule has 1 aromatic carbocycles. The van der Waals surface area contributed by atoms with Crippen LogP contribution in [0.25, 0.3) is 0 Å². The molecule has 1 amide bonds. The van der Waals surface area contributed by atoms with Gasteiger partial charge in [-0.3, -0.25) is 9.78 Å². The fraction of sp³-hybridized carbons (Fsp3) is 0.211. The summed E-state index contributed by atoms with van der Waals surface area (Å²) in [4.78, 5) is 16.7. The van der Waals surface area contributed by atoms with Crippen molar-refractivity contribution in [3.8, 4) is 0 Å². The third-order valence-electron chi connectivity index (χ3n) is 3.90. The molecular formula is C19H19ClN4O. The van der Waals surface area contributed by atoms with Gasteiger partial charge in [-0.15, -0.1) is 0 Å². The van der Waals surface area contributed by atoms with Gasteiger partial charge in [-0.1, -0.05) is 47.5 Å². The third kappa shape index (κ3) is 4.06. The van der Waals surface area contributed by atoms with E-state index in [-0.39, 0.29) is 5.91 Å². The van der Waals surface area contributed by atoms with Gasteiger partial charge in [-0.2, -0.15) is 5.10 Å². The minimum atomic E-state index is -0.247. The molecule has 6 heteroatoms. The second kappa shape index (κ2) is 7.49. The number of benzene rings is 1. The number of hydrogen-bond donors (Lipinski definition) is 1. The molecule has 5 nitrogen and oxygen atoms in total. The minimum absolute atomic E-state index is 0.247. The Kier molecular flexibility index (Phi) is 5.14. The summed E-state index contributed by atoms with van der Waals surface area (Å²) in [5.74, 6) is -0.247. The van der Waals surface area contributed by atoms with Crippen molar-refractivity contribution in [3.05, 3.63) is 81.9 Å². The predicted molar refractivity (Wildman–Crippen MR) is 97.7 cm³/mol. The van der Waals surface area contributed by atoms with Crippen molar-refractivity contribution in [3.63, 3.8) is 0 Å². The zero-order valence-corrected chi connectivity index (χ0v) is 14.9. The molecule has 0 fully saturated rings. The van der Waals surface area contributed by atoms with Crippen LogP contribution in [0.5, 0.6) is 0 Å². The summed E-state index contributed by atoms with van der Waals surface area (Å²) >= 11 is 6.41. The number of rotatable bonds is 5. The highest BCUT2D eigenvalue weighted by Gasteiger charge is 2.20. The first-order valence-electron chi connectivity index (χ1n) is 8.01. The molecule has 0 bridgehead atoms. The first-order chi connectivity index (χ1) is 12.0. The highest BCUT2D eigenvalue weighted by Crippen LogP contribution is 2.21. The SMILES string of the molecule is Cc1ccc(Cn2nc(C)c(C(=O)NCc3ccccn3)c2Cl)cc1. The van der Waals surface area contributed by atoms with Crippen molar-refractivity contribution >= 4 is 17.5 Å². The Balaban J connectivity index is 1.74. The van der Waals surface area contributed by atoms with Crippen LogP contribution in [0.1, 0.15) is 32.9 Å². The van der Waals surface area contributed by atoms with Gasteiger partial charge < -0.3 is 5.32 Å². The molecule has 0 aliphatic heterocycles. The van der Waals surface area contributed by atoms with E-state index in [0.717, 1.165) is 11.3 Å². The van der Waals surface area contributed by atoms with E-state index in [1.165, 1.54) is 5.56 Å². The highest BCUT2D eigenvalue weighted by atomic mass is 35.5. The lowest BCUT2D eigenvalue weighted by Gasteiger charge is -2.06. The zero-order valence-electron chi connectivity index (χ0n) is 14.2. The number of hydrogen-bond acceptors (Lipinski definition) is 3. The van der Waals surface area contributed by atoms with Gasteiger partial charge in [-0.25, -0.2) is 4.68 Å². The monoisotopic (exact) mass is 354 g/mol. The smallest absolute Gasteiger partial charge is 0.256 e. The van der Waals surface area contributed by atoms with Crippen molar-refractivity contribution < 1.29 is 4.79 Å². The van der Waals surface area contributed by atoms with Gasteiger partial charge in [0.05, 0.1) is 30.0 Å². The van der Waals surface area contributed by atoms with Crippen LogP contribution in [0.4, 0.5) is 0 Å². The molecule has 2 heterocycles. The van der Waals surface area contributed by atoms with Crippen LogP contribution in [-0.4, -0.2) is 20.7 Å². The van der Waals surface area contributed by atoms with Crippen molar-refractivity contribution in [2.24, 2.45) is 0 Å². The normalized spacial score (nSPS) is 10.7. The molecule has 0 unspecified atom stereocenters. The quantitative estimate of drug-likeness (QED) is 0.762. The second-order valence-corrected chi connectivity index (χ2v) is 6.26. The molecule has 25 heavy (non-hydrogen) atoms. The minimum Gasteiger partial charge on any atom is -0.346 e. The van der Waals surface area contributed by atoms with Crippen LogP contribution in [0, 0.1) is 13.8 Å². The van der Waals surface area contributed by atoms with Gasteiger partial charge in [-0.05, 0) is 31.5 Å². The molecule has 0 atom stereocenters. The number of amides is 1. The topological polar surface area (TPSA) is 59.8 Å². The number of halogens is 1. The van der Waals surface area contributed by atoms with Crippen molar-refractivity contribution in [1.82, 2.24) is 20.1 Å². The van der Waals surface area contributed by atoms with Crippen molar-refractivity contribution in [2.75, 3.05) is 0 Å². The van der Waals surface area contributed by atoms with Crippen LogP contribution >= 0.6 is 11.6 Å². The average Bonchev–Trinajstić information content (AvgIpc) is 2.89. The van der Waals surface area contributed by atoms with E-state index in [1.54, 1.807) is 17.8 Å². The zero-order chi connectivity index (χ0) is 17.8. The maximum atomic E-state index is 12.5.